The highest BCUT2D eigenvalue weighted by Crippen LogP contribution is 2.34. The van der Waals surface area contributed by atoms with Crippen LogP contribution in [0.3, 0.4) is 0 Å². The van der Waals surface area contributed by atoms with Crippen molar-refractivity contribution in [3.8, 4) is 11.5 Å². The van der Waals surface area contributed by atoms with Crippen LogP contribution in [-0.4, -0.2) is 39.3 Å². The van der Waals surface area contributed by atoms with E-state index >= 15 is 0 Å². The average Bonchev–Trinajstić information content (AvgIpc) is 3.25. The Balaban J connectivity index is 2.35. The standard InChI is InChI=1S/C13H8N8O8/c1-7-12(21(28)29)13(16-6-9(5-14-16)19(24)25)17(15-7)10-3-2-8(18(22)23)4-11(10)20(26)27/h2-6H,1H3. The van der Waals surface area contributed by atoms with E-state index in [1.54, 1.807) is 0 Å². The molecular formula is C13H8N8O8. The van der Waals surface area contributed by atoms with E-state index in [2.05, 4.69) is 10.2 Å². The maximum Gasteiger partial charge on any atom is 0.336 e. The third-order valence-electron chi connectivity index (χ3n) is 3.78. The number of aryl methyl sites for hydroxylation is 1. The molecule has 2 heterocycles. The van der Waals surface area contributed by atoms with Gasteiger partial charge >= 0.3 is 17.1 Å². The van der Waals surface area contributed by atoms with E-state index in [0.717, 1.165) is 33.9 Å². The molecule has 0 saturated carbocycles. The number of hydrogen-bond donors (Lipinski definition) is 0. The van der Waals surface area contributed by atoms with Gasteiger partial charge in [0, 0.05) is 6.07 Å². The van der Waals surface area contributed by atoms with Gasteiger partial charge in [-0.15, -0.1) is 0 Å². The quantitative estimate of drug-likeness (QED) is 0.430. The van der Waals surface area contributed by atoms with Crippen molar-refractivity contribution >= 4 is 22.7 Å². The van der Waals surface area contributed by atoms with Crippen molar-refractivity contribution in [2.45, 2.75) is 6.92 Å². The largest absolute Gasteiger partial charge is 0.336 e. The molecule has 0 saturated heterocycles. The Kier molecular flexibility index (Phi) is 4.43. The number of non-ortho nitro benzene ring substituents is 1. The molecule has 0 atom stereocenters. The first-order valence-electron chi connectivity index (χ1n) is 7.48. The van der Waals surface area contributed by atoms with Crippen molar-refractivity contribution in [1.29, 1.82) is 0 Å². The van der Waals surface area contributed by atoms with Gasteiger partial charge in [0.15, 0.2) is 0 Å². The second kappa shape index (κ2) is 6.76. The van der Waals surface area contributed by atoms with E-state index in [1.807, 2.05) is 0 Å². The minimum Gasteiger partial charge on any atom is -0.258 e. The molecule has 0 spiro atoms. The summed E-state index contributed by atoms with van der Waals surface area (Å²) in [5, 5.41) is 52.4. The smallest absolute Gasteiger partial charge is 0.258 e. The van der Waals surface area contributed by atoms with E-state index in [4.69, 9.17) is 0 Å². The second-order valence-electron chi connectivity index (χ2n) is 5.51. The summed E-state index contributed by atoms with van der Waals surface area (Å²) in [5.41, 5.74) is -2.89. The SMILES string of the molecule is Cc1nn(-c2ccc([N+](=O)[O-])cc2[N+](=O)[O-])c(-n2cc([N+](=O)[O-])cn2)c1[N+](=O)[O-]. The van der Waals surface area contributed by atoms with Crippen molar-refractivity contribution in [2.75, 3.05) is 0 Å². The molecule has 16 heteroatoms. The van der Waals surface area contributed by atoms with Gasteiger partial charge in [-0.05, 0) is 13.0 Å². The number of nitro benzene ring substituents is 2. The predicted molar refractivity (Wildman–Crippen MR) is 92.0 cm³/mol. The second-order valence-corrected chi connectivity index (χ2v) is 5.51. The lowest BCUT2D eigenvalue weighted by Crippen LogP contribution is -2.10. The van der Waals surface area contributed by atoms with Gasteiger partial charge in [-0.25, -0.2) is 9.36 Å². The molecule has 16 nitrogen and oxygen atoms in total. The van der Waals surface area contributed by atoms with Crippen LogP contribution >= 0.6 is 0 Å². The van der Waals surface area contributed by atoms with E-state index < -0.39 is 48.3 Å². The highest BCUT2D eigenvalue weighted by Gasteiger charge is 2.32. The Hall–Kier alpha value is -4.76. The van der Waals surface area contributed by atoms with Crippen LogP contribution in [0, 0.1) is 47.4 Å². The van der Waals surface area contributed by atoms with Crippen LogP contribution in [0.15, 0.2) is 30.6 Å². The van der Waals surface area contributed by atoms with E-state index in [-0.39, 0.29) is 11.4 Å². The summed E-state index contributed by atoms with van der Waals surface area (Å²) in [6, 6.07) is 2.63. The number of nitrogens with zero attached hydrogens (tertiary/aromatic N) is 8. The lowest BCUT2D eigenvalue weighted by atomic mass is 10.2. The minimum atomic E-state index is -0.916. The Morgan fingerprint density at radius 3 is 2.07 bits per heavy atom. The van der Waals surface area contributed by atoms with Crippen LogP contribution in [0.1, 0.15) is 5.69 Å². The average molecular weight is 404 g/mol. The topological polar surface area (TPSA) is 208 Å². The van der Waals surface area contributed by atoms with Crippen molar-refractivity contribution < 1.29 is 19.7 Å². The van der Waals surface area contributed by atoms with Gasteiger partial charge in [-0.3, -0.25) is 40.5 Å². The zero-order valence-corrected chi connectivity index (χ0v) is 14.2. The summed E-state index contributed by atoms with van der Waals surface area (Å²) < 4.78 is 1.56. The van der Waals surface area contributed by atoms with Crippen LogP contribution in [-0.2, 0) is 0 Å². The van der Waals surface area contributed by atoms with Gasteiger partial charge < -0.3 is 0 Å². The summed E-state index contributed by atoms with van der Waals surface area (Å²) >= 11 is 0. The fourth-order valence-electron chi connectivity index (χ4n) is 2.57. The summed E-state index contributed by atoms with van der Waals surface area (Å²) in [7, 11) is 0. The molecule has 0 amide bonds. The monoisotopic (exact) mass is 404 g/mol. The van der Waals surface area contributed by atoms with Crippen LogP contribution in [0.25, 0.3) is 11.5 Å². The molecule has 148 valence electrons. The molecule has 1 aromatic carbocycles. The molecule has 0 aliphatic carbocycles. The molecule has 0 radical (unpaired) electrons. The van der Waals surface area contributed by atoms with Crippen LogP contribution in [0.2, 0.25) is 0 Å². The van der Waals surface area contributed by atoms with E-state index in [9.17, 15) is 40.5 Å². The van der Waals surface area contributed by atoms with Gasteiger partial charge in [0.05, 0.1) is 25.8 Å². The van der Waals surface area contributed by atoms with Crippen molar-refractivity contribution in [3.63, 3.8) is 0 Å². The van der Waals surface area contributed by atoms with Gasteiger partial charge in [0.1, 0.15) is 23.8 Å². The Bertz CT molecular complexity index is 1200. The first-order valence-corrected chi connectivity index (χ1v) is 7.48. The molecule has 0 N–H and O–H groups in total. The Morgan fingerprint density at radius 1 is 0.897 bits per heavy atom. The predicted octanol–water partition coefficient (Wildman–Crippen LogP) is 2.00. The summed E-state index contributed by atoms with van der Waals surface area (Å²) in [4.78, 5) is 41.4. The molecule has 3 aromatic rings. The third kappa shape index (κ3) is 3.20. The fourth-order valence-corrected chi connectivity index (χ4v) is 2.57. The number of hydrogen-bond acceptors (Lipinski definition) is 10. The van der Waals surface area contributed by atoms with Gasteiger partial charge in [-0.1, -0.05) is 0 Å². The first kappa shape index (κ1) is 19.0. The normalized spacial score (nSPS) is 10.7. The molecule has 29 heavy (non-hydrogen) atoms. The molecule has 0 unspecified atom stereocenters. The van der Waals surface area contributed by atoms with E-state index in [0.29, 0.717) is 6.07 Å². The molecule has 0 aliphatic heterocycles. The highest BCUT2D eigenvalue weighted by atomic mass is 16.6. The summed E-state index contributed by atoms with van der Waals surface area (Å²) in [5.74, 6) is -0.419. The lowest BCUT2D eigenvalue weighted by molar-refractivity contribution is -0.394. The maximum absolute atomic E-state index is 11.5. The molecule has 3 rings (SSSR count). The zero-order valence-electron chi connectivity index (χ0n) is 14.2. The zero-order chi connectivity index (χ0) is 21.5. The maximum atomic E-state index is 11.5. The Labute approximate surface area is 158 Å². The van der Waals surface area contributed by atoms with Crippen molar-refractivity contribution in [3.05, 3.63) is 76.7 Å². The van der Waals surface area contributed by atoms with Gasteiger partial charge in [-0.2, -0.15) is 10.2 Å². The van der Waals surface area contributed by atoms with Crippen molar-refractivity contribution in [1.82, 2.24) is 19.6 Å². The molecule has 2 aromatic heterocycles. The lowest BCUT2D eigenvalue weighted by Gasteiger charge is -2.07. The molecule has 0 bridgehead atoms. The third-order valence-corrected chi connectivity index (χ3v) is 3.78. The number of benzene rings is 1. The number of aromatic nitrogens is 4. The fraction of sp³-hybridized carbons (Fsp3) is 0.0769. The Morgan fingerprint density at radius 2 is 1.55 bits per heavy atom. The number of rotatable bonds is 6. The molecule has 0 fully saturated rings. The van der Waals surface area contributed by atoms with Crippen molar-refractivity contribution in [2.24, 2.45) is 0 Å². The summed E-state index contributed by atoms with van der Waals surface area (Å²) in [6.07, 6.45) is 1.71. The molecular weight excluding hydrogens is 396 g/mol. The van der Waals surface area contributed by atoms with E-state index in [1.165, 1.54) is 6.92 Å². The minimum absolute atomic E-state index is 0.157. The molecule has 0 aliphatic rings. The van der Waals surface area contributed by atoms with Gasteiger partial charge in [0.25, 0.3) is 5.69 Å². The van der Waals surface area contributed by atoms with Gasteiger partial charge in [0.2, 0.25) is 5.82 Å². The van der Waals surface area contributed by atoms with Crippen LogP contribution in [0.4, 0.5) is 22.7 Å². The van der Waals surface area contributed by atoms with Crippen LogP contribution in [0.5, 0.6) is 0 Å². The van der Waals surface area contributed by atoms with Crippen LogP contribution < -0.4 is 0 Å². The first-order chi connectivity index (χ1) is 13.6. The summed E-state index contributed by atoms with van der Waals surface area (Å²) in [6.45, 7) is 1.26. The highest BCUT2D eigenvalue weighted by molar-refractivity contribution is 5.63. The number of nitro groups is 4.